The van der Waals surface area contributed by atoms with E-state index < -0.39 is 0 Å². The molecule has 15 heavy (non-hydrogen) atoms. The van der Waals surface area contributed by atoms with Gasteiger partial charge in [0.05, 0.1) is 6.54 Å². The van der Waals surface area contributed by atoms with Crippen LogP contribution in [0.5, 0.6) is 0 Å². The van der Waals surface area contributed by atoms with Gasteiger partial charge in [-0.15, -0.1) is 0 Å². The Morgan fingerprint density at radius 2 is 2.27 bits per heavy atom. The van der Waals surface area contributed by atoms with Crippen molar-refractivity contribution in [2.75, 3.05) is 5.73 Å². The molecule has 0 amide bonds. The summed E-state index contributed by atoms with van der Waals surface area (Å²) >= 11 is 4.53. The van der Waals surface area contributed by atoms with E-state index in [0.29, 0.717) is 12.2 Å². The summed E-state index contributed by atoms with van der Waals surface area (Å²) in [4.78, 5) is 11.4. The molecule has 1 heterocycles. The number of benzene rings is 1. The number of nitrogens with zero attached hydrogens (tertiary/aromatic N) is 1. The van der Waals surface area contributed by atoms with Crippen LogP contribution < -0.4 is 10.6 Å². The van der Waals surface area contributed by atoms with Gasteiger partial charge in [0.2, 0.25) is 0 Å². The molecule has 1 aromatic carbocycles. The van der Waals surface area contributed by atoms with Gasteiger partial charge in [-0.05, 0) is 33.6 Å². The summed E-state index contributed by atoms with van der Waals surface area (Å²) in [6, 6.07) is 5.71. The van der Waals surface area contributed by atoms with Crippen LogP contribution in [0.4, 0.5) is 5.69 Å². The standard InChI is InChI=1S/C10H9BrN2OS/c11-8-2-1-7(5-9(8)12)6-13-3-4-15-10(13)14/h1-5H,6,12H2. The summed E-state index contributed by atoms with van der Waals surface area (Å²) in [7, 11) is 0. The number of nitrogen functional groups attached to an aromatic ring is 1. The highest BCUT2D eigenvalue weighted by Gasteiger charge is 2.01. The van der Waals surface area contributed by atoms with Crippen LogP contribution in [0.15, 0.2) is 39.0 Å². The molecule has 0 aliphatic heterocycles. The van der Waals surface area contributed by atoms with Crippen molar-refractivity contribution in [1.29, 1.82) is 0 Å². The number of aromatic nitrogens is 1. The Labute approximate surface area is 99.3 Å². The first kappa shape index (κ1) is 10.4. The second-order valence-corrected chi connectivity index (χ2v) is 4.86. The maximum Gasteiger partial charge on any atom is 0.307 e. The highest BCUT2D eigenvalue weighted by atomic mass is 79.9. The summed E-state index contributed by atoms with van der Waals surface area (Å²) in [6.07, 6.45) is 1.78. The Bertz CT molecular complexity index is 532. The molecular weight excluding hydrogens is 276 g/mol. The van der Waals surface area contributed by atoms with Crippen molar-refractivity contribution in [3.05, 3.63) is 49.5 Å². The maximum atomic E-state index is 11.3. The third-order valence-corrected chi connectivity index (χ3v) is 3.47. The lowest BCUT2D eigenvalue weighted by atomic mass is 10.2. The molecule has 0 atom stereocenters. The van der Waals surface area contributed by atoms with Crippen molar-refractivity contribution in [3.8, 4) is 0 Å². The van der Waals surface area contributed by atoms with Gasteiger partial charge < -0.3 is 10.3 Å². The molecule has 0 fully saturated rings. The van der Waals surface area contributed by atoms with Gasteiger partial charge in [-0.2, -0.15) is 0 Å². The predicted octanol–water partition coefficient (Wildman–Crippen LogP) is 2.30. The number of rotatable bonds is 2. The lowest BCUT2D eigenvalue weighted by Gasteiger charge is -2.04. The number of anilines is 1. The molecule has 1 aromatic heterocycles. The fourth-order valence-electron chi connectivity index (χ4n) is 1.30. The zero-order valence-electron chi connectivity index (χ0n) is 7.81. The van der Waals surface area contributed by atoms with E-state index in [0.717, 1.165) is 10.0 Å². The Balaban J connectivity index is 2.29. The molecule has 0 saturated heterocycles. The minimum atomic E-state index is 0.0523. The molecule has 0 radical (unpaired) electrons. The number of thiazole rings is 1. The van der Waals surface area contributed by atoms with Crippen LogP contribution in [-0.2, 0) is 6.54 Å². The van der Waals surface area contributed by atoms with E-state index in [-0.39, 0.29) is 4.87 Å². The summed E-state index contributed by atoms with van der Waals surface area (Å²) < 4.78 is 2.54. The zero-order chi connectivity index (χ0) is 10.8. The summed E-state index contributed by atoms with van der Waals surface area (Å²) in [5, 5.41) is 1.78. The molecule has 0 spiro atoms. The van der Waals surface area contributed by atoms with E-state index in [1.807, 2.05) is 18.2 Å². The normalized spacial score (nSPS) is 10.5. The van der Waals surface area contributed by atoms with Crippen molar-refractivity contribution >= 4 is 33.0 Å². The molecule has 78 valence electrons. The van der Waals surface area contributed by atoms with E-state index in [9.17, 15) is 4.79 Å². The van der Waals surface area contributed by atoms with Gasteiger partial charge >= 0.3 is 4.87 Å². The number of nitrogens with two attached hydrogens (primary N) is 1. The minimum Gasteiger partial charge on any atom is -0.398 e. The highest BCUT2D eigenvalue weighted by Crippen LogP contribution is 2.20. The van der Waals surface area contributed by atoms with Crippen LogP contribution in [0.3, 0.4) is 0 Å². The quantitative estimate of drug-likeness (QED) is 0.861. The summed E-state index contributed by atoms with van der Waals surface area (Å²) in [5.41, 5.74) is 7.47. The minimum absolute atomic E-state index is 0.0523. The average Bonchev–Trinajstić information content (AvgIpc) is 2.59. The summed E-state index contributed by atoms with van der Waals surface area (Å²) in [5.74, 6) is 0. The number of hydrogen-bond donors (Lipinski definition) is 1. The van der Waals surface area contributed by atoms with E-state index in [1.54, 1.807) is 16.1 Å². The van der Waals surface area contributed by atoms with Crippen LogP contribution in [0.1, 0.15) is 5.56 Å². The molecule has 2 N–H and O–H groups in total. The van der Waals surface area contributed by atoms with Crippen LogP contribution in [0.25, 0.3) is 0 Å². The van der Waals surface area contributed by atoms with Crippen molar-refractivity contribution in [2.24, 2.45) is 0 Å². The van der Waals surface area contributed by atoms with Gasteiger partial charge in [0, 0.05) is 21.7 Å². The number of hydrogen-bond acceptors (Lipinski definition) is 3. The first-order chi connectivity index (χ1) is 7.16. The lowest BCUT2D eigenvalue weighted by molar-refractivity contribution is 0.784. The lowest BCUT2D eigenvalue weighted by Crippen LogP contribution is -2.12. The molecule has 3 nitrogen and oxygen atoms in total. The molecule has 0 aliphatic carbocycles. The van der Waals surface area contributed by atoms with Gasteiger partial charge in [-0.25, -0.2) is 0 Å². The second kappa shape index (κ2) is 4.20. The topological polar surface area (TPSA) is 48.0 Å². The Kier molecular flexibility index (Phi) is 2.93. The fourth-order valence-corrected chi connectivity index (χ4v) is 2.13. The molecule has 0 bridgehead atoms. The first-order valence-electron chi connectivity index (χ1n) is 4.34. The first-order valence-corrected chi connectivity index (χ1v) is 6.02. The van der Waals surface area contributed by atoms with Crippen molar-refractivity contribution in [1.82, 2.24) is 4.57 Å². The van der Waals surface area contributed by atoms with Crippen molar-refractivity contribution < 1.29 is 0 Å². The average molecular weight is 285 g/mol. The predicted molar refractivity (Wildman–Crippen MR) is 66.2 cm³/mol. The van der Waals surface area contributed by atoms with E-state index in [1.165, 1.54) is 11.3 Å². The smallest absolute Gasteiger partial charge is 0.307 e. The SMILES string of the molecule is Nc1cc(Cn2ccsc2=O)ccc1Br. The monoisotopic (exact) mass is 284 g/mol. The Hall–Kier alpha value is -1.07. The van der Waals surface area contributed by atoms with Gasteiger partial charge in [-0.1, -0.05) is 17.4 Å². The molecular formula is C10H9BrN2OS. The van der Waals surface area contributed by atoms with Crippen LogP contribution in [-0.4, -0.2) is 4.57 Å². The third kappa shape index (κ3) is 2.30. The van der Waals surface area contributed by atoms with Crippen LogP contribution in [0.2, 0.25) is 0 Å². The van der Waals surface area contributed by atoms with Gasteiger partial charge in [-0.3, -0.25) is 4.79 Å². The van der Waals surface area contributed by atoms with Gasteiger partial charge in [0.25, 0.3) is 0 Å². The maximum absolute atomic E-state index is 11.3. The molecule has 0 aliphatic rings. The molecule has 0 unspecified atom stereocenters. The molecule has 2 aromatic rings. The van der Waals surface area contributed by atoms with Gasteiger partial charge in [0.15, 0.2) is 0 Å². The van der Waals surface area contributed by atoms with E-state index in [4.69, 9.17) is 5.73 Å². The van der Waals surface area contributed by atoms with E-state index in [2.05, 4.69) is 15.9 Å². The fraction of sp³-hybridized carbons (Fsp3) is 0.100. The number of halogens is 1. The van der Waals surface area contributed by atoms with E-state index >= 15 is 0 Å². The van der Waals surface area contributed by atoms with Crippen LogP contribution in [0, 0.1) is 0 Å². The third-order valence-electron chi connectivity index (χ3n) is 2.06. The Morgan fingerprint density at radius 1 is 1.47 bits per heavy atom. The summed E-state index contributed by atoms with van der Waals surface area (Å²) in [6.45, 7) is 0.569. The second-order valence-electron chi connectivity index (χ2n) is 3.15. The van der Waals surface area contributed by atoms with Gasteiger partial charge in [0.1, 0.15) is 0 Å². The van der Waals surface area contributed by atoms with Crippen molar-refractivity contribution in [2.45, 2.75) is 6.54 Å². The largest absolute Gasteiger partial charge is 0.398 e. The highest BCUT2D eigenvalue weighted by molar-refractivity contribution is 9.10. The molecule has 2 rings (SSSR count). The molecule has 5 heteroatoms. The zero-order valence-corrected chi connectivity index (χ0v) is 10.2. The molecule has 0 saturated carbocycles. The Morgan fingerprint density at radius 3 is 2.87 bits per heavy atom. The van der Waals surface area contributed by atoms with Crippen molar-refractivity contribution in [3.63, 3.8) is 0 Å². The van der Waals surface area contributed by atoms with Crippen LogP contribution >= 0.6 is 27.3 Å².